The molecule has 1 amide bonds. The number of benzene rings is 1. The highest BCUT2D eigenvalue weighted by atomic mass is 32.1. The molecule has 2 aromatic rings. The first-order valence-corrected chi connectivity index (χ1v) is 7.45. The fourth-order valence-corrected chi connectivity index (χ4v) is 2.55. The van der Waals surface area contributed by atoms with Crippen LogP contribution in [0.2, 0.25) is 0 Å². The van der Waals surface area contributed by atoms with E-state index >= 15 is 0 Å². The largest absolute Gasteiger partial charge is 0.435 e. The lowest BCUT2D eigenvalue weighted by atomic mass is 10.1. The second-order valence-corrected chi connectivity index (χ2v) is 5.30. The summed E-state index contributed by atoms with van der Waals surface area (Å²) < 4.78 is 32.2. The summed E-state index contributed by atoms with van der Waals surface area (Å²) in [6.45, 7) is 0.855. The Kier molecular flexibility index (Phi) is 5.37. The van der Waals surface area contributed by atoms with E-state index in [2.05, 4.69) is 19.6 Å². The van der Waals surface area contributed by atoms with E-state index in [-0.39, 0.29) is 17.7 Å². The molecule has 0 spiro atoms. The van der Waals surface area contributed by atoms with Gasteiger partial charge < -0.3 is 10.1 Å². The Morgan fingerprint density at radius 1 is 1.36 bits per heavy atom. The number of rotatable bonds is 6. The zero-order valence-corrected chi connectivity index (χ0v) is 12.9. The van der Waals surface area contributed by atoms with E-state index in [0.29, 0.717) is 17.0 Å². The van der Waals surface area contributed by atoms with E-state index in [1.165, 1.54) is 12.1 Å². The lowest BCUT2D eigenvalue weighted by molar-refractivity contribution is -0.0498. The SMILES string of the molecule is CCc1nnsc1C(=O)N[C@H](C)c1ccc(OC(F)F)cc1. The number of nitrogens with one attached hydrogen (secondary N) is 1. The van der Waals surface area contributed by atoms with Gasteiger partial charge in [0.15, 0.2) is 0 Å². The van der Waals surface area contributed by atoms with Crippen molar-refractivity contribution in [2.24, 2.45) is 0 Å². The molecule has 0 saturated heterocycles. The van der Waals surface area contributed by atoms with E-state index in [4.69, 9.17) is 0 Å². The highest BCUT2D eigenvalue weighted by Crippen LogP contribution is 2.20. The summed E-state index contributed by atoms with van der Waals surface area (Å²) >= 11 is 1.05. The van der Waals surface area contributed by atoms with Gasteiger partial charge >= 0.3 is 6.61 Å². The second kappa shape index (κ2) is 7.26. The van der Waals surface area contributed by atoms with E-state index in [0.717, 1.165) is 17.1 Å². The van der Waals surface area contributed by atoms with Crippen LogP contribution >= 0.6 is 11.5 Å². The van der Waals surface area contributed by atoms with Crippen molar-refractivity contribution in [2.45, 2.75) is 32.9 Å². The molecule has 5 nitrogen and oxygen atoms in total. The van der Waals surface area contributed by atoms with Crippen LogP contribution in [0.4, 0.5) is 8.78 Å². The molecule has 1 heterocycles. The number of carbonyl (C=O) groups excluding carboxylic acids is 1. The Labute approximate surface area is 130 Å². The predicted octanol–water partition coefficient (Wildman–Crippen LogP) is 3.19. The van der Waals surface area contributed by atoms with Crippen LogP contribution in [0.1, 0.15) is 40.8 Å². The minimum atomic E-state index is -2.85. The van der Waals surface area contributed by atoms with Crippen molar-refractivity contribution < 1.29 is 18.3 Å². The van der Waals surface area contributed by atoms with Crippen molar-refractivity contribution in [3.8, 4) is 5.75 Å². The van der Waals surface area contributed by atoms with Gasteiger partial charge in [-0.3, -0.25) is 4.79 Å². The Hall–Kier alpha value is -2.09. The molecule has 2 rings (SSSR count). The molecule has 1 N–H and O–H groups in total. The van der Waals surface area contributed by atoms with Gasteiger partial charge in [-0.2, -0.15) is 8.78 Å². The summed E-state index contributed by atoms with van der Waals surface area (Å²) in [6.07, 6.45) is 0.632. The van der Waals surface area contributed by atoms with Crippen LogP contribution in [0.5, 0.6) is 5.75 Å². The topological polar surface area (TPSA) is 64.1 Å². The molecule has 0 bridgehead atoms. The standard InChI is InChI=1S/C14H15F2N3O2S/c1-3-11-12(22-19-18-11)13(20)17-8(2)9-4-6-10(7-5-9)21-14(15)16/h4-8,14H,3H2,1-2H3,(H,17,20)/t8-/m1/s1. The van der Waals surface area contributed by atoms with Gasteiger partial charge in [0, 0.05) is 0 Å². The molecule has 1 atom stereocenters. The normalized spacial score (nSPS) is 12.2. The maximum absolute atomic E-state index is 12.2. The minimum absolute atomic E-state index is 0.0807. The Morgan fingerprint density at radius 2 is 2.05 bits per heavy atom. The number of hydrogen-bond acceptors (Lipinski definition) is 5. The molecule has 118 valence electrons. The van der Waals surface area contributed by atoms with E-state index in [1.54, 1.807) is 19.1 Å². The lowest BCUT2D eigenvalue weighted by Gasteiger charge is -2.14. The van der Waals surface area contributed by atoms with Gasteiger partial charge in [0.1, 0.15) is 10.6 Å². The first-order chi connectivity index (χ1) is 10.5. The number of carbonyl (C=O) groups is 1. The summed E-state index contributed by atoms with van der Waals surface area (Å²) in [4.78, 5) is 12.7. The minimum Gasteiger partial charge on any atom is -0.435 e. The van der Waals surface area contributed by atoms with Gasteiger partial charge in [-0.15, -0.1) is 5.10 Å². The molecule has 0 unspecified atom stereocenters. The molecule has 1 aromatic carbocycles. The quantitative estimate of drug-likeness (QED) is 0.885. The summed E-state index contributed by atoms with van der Waals surface area (Å²) in [5.41, 5.74) is 1.45. The lowest BCUT2D eigenvalue weighted by Crippen LogP contribution is -2.26. The Balaban J connectivity index is 2.02. The van der Waals surface area contributed by atoms with Crippen LogP contribution in [0, 0.1) is 0 Å². The van der Waals surface area contributed by atoms with Gasteiger partial charge in [0.2, 0.25) is 0 Å². The Bertz CT molecular complexity index is 631. The average molecular weight is 327 g/mol. The van der Waals surface area contributed by atoms with Crippen LogP contribution in [0.3, 0.4) is 0 Å². The number of aromatic nitrogens is 2. The van der Waals surface area contributed by atoms with Gasteiger partial charge in [0.25, 0.3) is 5.91 Å². The molecule has 0 fully saturated rings. The summed E-state index contributed by atoms with van der Waals surface area (Å²) in [6, 6.07) is 5.87. The number of alkyl halides is 2. The molecule has 8 heteroatoms. The van der Waals surface area contributed by atoms with Crippen LogP contribution in [0.15, 0.2) is 24.3 Å². The predicted molar refractivity (Wildman–Crippen MR) is 78.2 cm³/mol. The molecule has 0 radical (unpaired) electrons. The van der Waals surface area contributed by atoms with Gasteiger partial charge in [-0.25, -0.2) is 0 Å². The first-order valence-electron chi connectivity index (χ1n) is 6.68. The highest BCUT2D eigenvalue weighted by Gasteiger charge is 2.17. The van der Waals surface area contributed by atoms with Gasteiger partial charge in [-0.1, -0.05) is 23.5 Å². The summed E-state index contributed by atoms with van der Waals surface area (Å²) in [7, 11) is 0. The fraction of sp³-hybridized carbons (Fsp3) is 0.357. The molecule has 0 aliphatic heterocycles. The van der Waals surface area contributed by atoms with Gasteiger partial charge in [0.05, 0.1) is 11.7 Å². The molecule has 0 aliphatic rings. The summed E-state index contributed by atoms with van der Waals surface area (Å²) in [5.74, 6) is -0.163. The third-order valence-electron chi connectivity index (χ3n) is 3.05. The molecule has 0 aliphatic carbocycles. The zero-order chi connectivity index (χ0) is 16.1. The van der Waals surface area contributed by atoms with Crippen molar-refractivity contribution in [1.82, 2.24) is 14.9 Å². The van der Waals surface area contributed by atoms with Crippen LogP contribution in [0.25, 0.3) is 0 Å². The molecule has 0 saturated carbocycles. The molecule has 22 heavy (non-hydrogen) atoms. The third-order valence-corrected chi connectivity index (χ3v) is 3.82. The maximum Gasteiger partial charge on any atom is 0.387 e. The monoisotopic (exact) mass is 327 g/mol. The van der Waals surface area contributed by atoms with Crippen molar-refractivity contribution in [2.75, 3.05) is 0 Å². The summed E-state index contributed by atoms with van der Waals surface area (Å²) in [5, 5.41) is 6.73. The average Bonchev–Trinajstić information content (AvgIpc) is 2.95. The number of amides is 1. The van der Waals surface area contributed by atoms with Crippen LogP contribution in [-0.2, 0) is 6.42 Å². The van der Waals surface area contributed by atoms with Crippen LogP contribution < -0.4 is 10.1 Å². The van der Waals surface area contributed by atoms with Gasteiger partial charge in [-0.05, 0) is 42.6 Å². The van der Waals surface area contributed by atoms with E-state index < -0.39 is 6.61 Å². The van der Waals surface area contributed by atoms with Crippen LogP contribution in [-0.4, -0.2) is 22.1 Å². The zero-order valence-electron chi connectivity index (χ0n) is 12.0. The van der Waals surface area contributed by atoms with Crippen molar-refractivity contribution in [1.29, 1.82) is 0 Å². The smallest absolute Gasteiger partial charge is 0.387 e. The third kappa shape index (κ3) is 3.97. The Morgan fingerprint density at radius 3 is 2.64 bits per heavy atom. The molecular formula is C14H15F2N3O2S. The number of aryl methyl sites for hydroxylation is 1. The van der Waals surface area contributed by atoms with Crippen molar-refractivity contribution in [3.63, 3.8) is 0 Å². The highest BCUT2D eigenvalue weighted by molar-refractivity contribution is 7.08. The fourth-order valence-electron chi connectivity index (χ4n) is 1.90. The van der Waals surface area contributed by atoms with E-state index in [1.807, 2.05) is 6.92 Å². The molecule has 1 aromatic heterocycles. The number of halogens is 2. The van der Waals surface area contributed by atoms with E-state index in [9.17, 15) is 13.6 Å². The van der Waals surface area contributed by atoms with Crippen molar-refractivity contribution >= 4 is 17.4 Å². The van der Waals surface area contributed by atoms with Crippen molar-refractivity contribution in [3.05, 3.63) is 40.4 Å². The second-order valence-electron chi connectivity index (χ2n) is 4.54. The molecular weight excluding hydrogens is 312 g/mol. The maximum atomic E-state index is 12.2. The first kappa shape index (κ1) is 16.3. The number of ether oxygens (including phenoxy) is 1. The number of nitrogens with zero attached hydrogens (tertiary/aromatic N) is 2. The number of hydrogen-bond donors (Lipinski definition) is 1.